The van der Waals surface area contributed by atoms with Crippen LogP contribution in [0.5, 0.6) is 0 Å². The van der Waals surface area contributed by atoms with Crippen molar-refractivity contribution in [3.05, 3.63) is 115 Å². The van der Waals surface area contributed by atoms with Gasteiger partial charge in [0.25, 0.3) is 0 Å². The van der Waals surface area contributed by atoms with Crippen molar-refractivity contribution in [1.82, 2.24) is 58.6 Å². The molecule has 0 radical (unpaired) electrons. The molecular formula is C40H52N12O4. The van der Waals surface area contributed by atoms with Crippen LogP contribution in [0.2, 0.25) is 0 Å². The van der Waals surface area contributed by atoms with Gasteiger partial charge in [-0.3, -0.25) is 18.3 Å². The van der Waals surface area contributed by atoms with Crippen molar-refractivity contribution in [2.75, 3.05) is 0 Å². The van der Waals surface area contributed by atoms with E-state index in [0.717, 1.165) is 0 Å². The first-order valence-electron chi connectivity index (χ1n) is 18.9. The molecule has 16 heteroatoms. The van der Waals surface area contributed by atoms with Gasteiger partial charge in [-0.25, -0.2) is 19.2 Å². The second-order valence-corrected chi connectivity index (χ2v) is 15.4. The Morgan fingerprint density at radius 1 is 0.393 bits per heavy atom. The minimum Gasteiger partial charge on any atom is -0.307 e. The molecule has 8 aromatic rings. The molecule has 8 rings (SSSR count). The number of benzene rings is 2. The Morgan fingerprint density at radius 3 is 0.786 bits per heavy atom. The summed E-state index contributed by atoms with van der Waals surface area (Å²) in [5.74, 6) is 0.331. The van der Waals surface area contributed by atoms with E-state index < -0.39 is 22.8 Å². The molecule has 6 heterocycles. The van der Waals surface area contributed by atoms with E-state index in [9.17, 15) is 19.2 Å². The fourth-order valence-electron chi connectivity index (χ4n) is 5.91. The Bertz CT molecular complexity index is 2330. The summed E-state index contributed by atoms with van der Waals surface area (Å²) in [6.07, 6.45) is 0. The molecule has 6 aromatic heterocycles. The molecule has 0 aliphatic heterocycles. The van der Waals surface area contributed by atoms with Crippen LogP contribution in [0.3, 0.4) is 0 Å². The Hall–Kier alpha value is -6.32. The summed E-state index contributed by atoms with van der Waals surface area (Å²) in [6, 6.07) is 20.3. The lowest BCUT2D eigenvalue weighted by atomic mass is 10.2. The molecule has 0 aliphatic carbocycles. The fraction of sp³-hybridized carbons (Fsp3) is 0.400. The van der Waals surface area contributed by atoms with E-state index in [1.54, 1.807) is 72.8 Å². The molecule has 296 valence electrons. The summed E-state index contributed by atoms with van der Waals surface area (Å²) in [4.78, 5) is 66.9. The minimum absolute atomic E-state index is 0.0827. The van der Waals surface area contributed by atoms with Crippen LogP contribution in [0.4, 0.5) is 0 Å². The molecule has 16 nitrogen and oxygen atoms in total. The first-order valence-corrected chi connectivity index (χ1v) is 18.9. The largest absolute Gasteiger partial charge is 0.327 e. The monoisotopic (exact) mass is 764 g/mol. The van der Waals surface area contributed by atoms with Gasteiger partial charge in [0.15, 0.2) is 22.6 Å². The highest BCUT2D eigenvalue weighted by molar-refractivity contribution is 5.59. The van der Waals surface area contributed by atoms with Gasteiger partial charge in [0.05, 0.1) is 0 Å². The molecule has 0 unspecified atom stereocenters. The fourth-order valence-corrected chi connectivity index (χ4v) is 5.91. The van der Waals surface area contributed by atoms with Crippen LogP contribution in [-0.4, -0.2) is 58.6 Å². The highest BCUT2D eigenvalue weighted by Gasteiger charge is 2.08. The predicted octanol–water partition coefficient (Wildman–Crippen LogP) is 5.52. The number of hydrogen-bond acceptors (Lipinski definition) is 8. The first kappa shape index (κ1) is 40.9. The van der Waals surface area contributed by atoms with Crippen molar-refractivity contribution >= 4 is 44.7 Å². The number of rotatable bonds is 8. The van der Waals surface area contributed by atoms with E-state index in [1.165, 1.54) is 18.3 Å². The molecule has 56 heavy (non-hydrogen) atoms. The van der Waals surface area contributed by atoms with Gasteiger partial charge >= 0.3 is 22.8 Å². The number of hydrogen-bond donors (Lipinski definition) is 4. The van der Waals surface area contributed by atoms with Gasteiger partial charge < -0.3 is 19.9 Å². The highest BCUT2D eigenvalue weighted by Crippen LogP contribution is 2.07. The van der Waals surface area contributed by atoms with Crippen molar-refractivity contribution in [1.29, 1.82) is 0 Å². The quantitative estimate of drug-likeness (QED) is 0.158. The Morgan fingerprint density at radius 2 is 0.607 bits per heavy atom. The lowest BCUT2D eigenvalue weighted by molar-refractivity contribution is 0.509. The van der Waals surface area contributed by atoms with Gasteiger partial charge in [0, 0.05) is 48.2 Å². The summed E-state index contributed by atoms with van der Waals surface area (Å²) >= 11 is 0. The summed E-state index contributed by atoms with van der Waals surface area (Å²) in [5, 5.41) is 17.6. The summed E-state index contributed by atoms with van der Waals surface area (Å²) in [6.45, 7) is 17.2. The van der Waals surface area contributed by atoms with E-state index in [2.05, 4.69) is 40.3 Å². The van der Waals surface area contributed by atoms with Crippen LogP contribution in [-0.2, 0) is 26.2 Å². The van der Waals surface area contributed by atoms with Crippen molar-refractivity contribution in [2.45, 2.75) is 81.6 Å². The average molecular weight is 765 g/mol. The van der Waals surface area contributed by atoms with E-state index in [0.29, 0.717) is 70.8 Å². The van der Waals surface area contributed by atoms with Crippen LogP contribution in [0.25, 0.3) is 44.7 Å². The average Bonchev–Trinajstić information content (AvgIpc) is 3.14. The molecule has 0 atom stereocenters. The summed E-state index contributed by atoms with van der Waals surface area (Å²) in [5.41, 5.74) is 1.16. The van der Waals surface area contributed by atoms with Crippen molar-refractivity contribution in [3.63, 3.8) is 0 Å². The molecule has 0 amide bonds. The second-order valence-electron chi connectivity index (χ2n) is 15.4. The van der Waals surface area contributed by atoms with Crippen molar-refractivity contribution in [3.8, 4) is 0 Å². The number of aromatic nitrogens is 12. The third kappa shape index (κ3) is 10.9. The third-order valence-electron chi connectivity index (χ3n) is 8.28. The third-order valence-corrected chi connectivity index (χ3v) is 8.28. The van der Waals surface area contributed by atoms with Crippen molar-refractivity contribution in [2.24, 2.45) is 23.7 Å². The minimum atomic E-state index is -0.447. The molecule has 2 aromatic carbocycles. The maximum atomic E-state index is 13.8. The number of nitrogens with zero attached hydrogens (tertiary/aromatic N) is 8. The van der Waals surface area contributed by atoms with Gasteiger partial charge in [-0.1, -0.05) is 67.5 Å². The molecule has 0 saturated heterocycles. The van der Waals surface area contributed by atoms with Gasteiger partial charge in [-0.15, -0.1) is 20.4 Å². The van der Waals surface area contributed by atoms with Crippen molar-refractivity contribution < 1.29 is 0 Å². The predicted molar refractivity (Wildman–Crippen MR) is 221 cm³/mol. The number of nitrogens with one attached hydrogen (secondary N) is 4. The first-order chi connectivity index (χ1) is 26.7. The lowest BCUT2D eigenvalue weighted by Gasteiger charge is -2.10. The smallest absolute Gasteiger partial charge is 0.307 e. The summed E-state index contributed by atoms with van der Waals surface area (Å²) in [7, 11) is 0. The lowest BCUT2D eigenvalue weighted by Crippen LogP contribution is -2.26. The van der Waals surface area contributed by atoms with E-state index >= 15 is 0 Å². The normalized spacial score (nSPS) is 11.4. The molecule has 8 bridgehead atoms. The maximum Gasteiger partial charge on any atom is 0.327 e. The highest BCUT2D eigenvalue weighted by atomic mass is 16.2. The van der Waals surface area contributed by atoms with Gasteiger partial charge in [-0.2, -0.15) is 0 Å². The molecular weight excluding hydrogens is 713 g/mol. The van der Waals surface area contributed by atoms with Crippen LogP contribution in [0.1, 0.15) is 55.4 Å². The molecule has 0 saturated carbocycles. The zero-order valence-corrected chi connectivity index (χ0v) is 33.3. The maximum absolute atomic E-state index is 13.8. The SMILES string of the molecule is CC(C)Cn1c(=O)[nH]c2cccc(c2)[nH]c(=O)n(CC(C)C)c2ccc(nn2)n(CC(C)C)c(=O)[nH]c2cccc(c2)[nH]c(=O)n(CC(C)C)c2ccc1nn2. The molecule has 0 fully saturated rings. The number of aromatic amines is 4. The van der Waals surface area contributed by atoms with Crippen LogP contribution < -0.4 is 22.8 Å². The van der Waals surface area contributed by atoms with Gasteiger partial charge in [0.2, 0.25) is 0 Å². The van der Waals surface area contributed by atoms with Crippen LogP contribution in [0, 0.1) is 23.7 Å². The van der Waals surface area contributed by atoms with Crippen LogP contribution in [0.15, 0.2) is 92.0 Å². The summed E-state index contributed by atoms with van der Waals surface area (Å²) < 4.78 is 5.94. The molecule has 0 aliphatic rings. The standard InChI is InChI=1S/C40H52N12O4/c1-25(2)21-49-33-15-16-34(46-45-33)50(22-26(3)4)38(54)43-31-13-10-14-32(20-31)44-40(56)52(24-28(7)8)36-18-17-35(47-48-36)51(23-27(5)6)39(55)42-30-12-9-11-29(19-30)41-37(49)53/h9-20,25-28H,21-24H2,1-8H3,(H,41,53)(H,42,55)(H,43,54)(H,44,56). The zero-order valence-electron chi connectivity index (χ0n) is 33.3. The Kier molecular flexibility index (Phi) is 13.4. The topological polar surface area (TPSA) is 203 Å². The van der Waals surface area contributed by atoms with E-state index in [-0.39, 0.29) is 23.7 Å². The second kappa shape index (κ2) is 18.3. The molecule has 4 N–H and O–H groups in total. The van der Waals surface area contributed by atoms with Gasteiger partial charge in [0.1, 0.15) is 0 Å². The van der Waals surface area contributed by atoms with E-state index in [4.69, 9.17) is 0 Å². The Balaban J connectivity index is 1.95. The van der Waals surface area contributed by atoms with Crippen LogP contribution >= 0.6 is 0 Å². The molecule has 0 spiro atoms. The van der Waals surface area contributed by atoms with E-state index in [1.807, 2.05) is 55.4 Å². The number of H-pyrrole nitrogens is 4. The van der Waals surface area contributed by atoms with Gasteiger partial charge in [-0.05, 0) is 84.3 Å². The Labute approximate surface area is 322 Å². The zero-order chi connectivity index (χ0) is 40.5.